The molecule has 1 heterocycles. The molecule has 0 aliphatic carbocycles. The van der Waals surface area contributed by atoms with Crippen LogP contribution in [0.1, 0.15) is 36.5 Å². The molecule has 3 nitrogen and oxygen atoms in total. The Labute approximate surface area is 152 Å². The van der Waals surface area contributed by atoms with E-state index in [9.17, 15) is 0 Å². The summed E-state index contributed by atoms with van der Waals surface area (Å²) in [5.41, 5.74) is 3.76. The van der Waals surface area contributed by atoms with E-state index in [0.717, 1.165) is 25.4 Å². The van der Waals surface area contributed by atoms with Crippen molar-refractivity contribution in [2.24, 2.45) is 0 Å². The van der Waals surface area contributed by atoms with Crippen LogP contribution >= 0.6 is 0 Å². The molecule has 3 heteroatoms. The summed E-state index contributed by atoms with van der Waals surface area (Å²) < 4.78 is 5.95. The quantitative estimate of drug-likeness (QED) is 0.782. The summed E-state index contributed by atoms with van der Waals surface area (Å²) in [6.45, 7) is 9.36. The van der Waals surface area contributed by atoms with Crippen molar-refractivity contribution in [3.63, 3.8) is 0 Å². The van der Waals surface area contributed by atoms with Crippen molar-refractivity contribution in [3.8, 4) is 5.75 Å². The van der Waals surface area contributed by atoms with Crippen molar-refractivity contribution >= 4 is 0 Å². The molecule has 1 fully saturated rings. The number of benzene rings is 2. The highest BCUT2D eigenvalue weighted by molar-refractivity contribution is 5.29. The lowest BCUT2D eigenvalue weighted by atomic mass is 10.1. The Morgan fingerprint density at radius 2 is 1.96 bits per heavy atom. The average Bonchev–Trinajstić information content (AvgIpc) is 3.09. The van der Waals surface area contributed by atoms with E-state index in [2.05, 4.69) is 66.5 Å². The monoisotopic (exact) mass is 338 g/mol. The van der Waals surface area contributed by atoms with E-state index in [1.165, 1.54) is 36.1 Å². The van der Waals surface area contributed by atoms with Gasteiger partial charge in [-0.25, -0.2) is 0 Å². The summed E-state index contributed by atoms with van der Waals surface area (Å²) in [4.78, 5) is 2.58. The number of ether oxygens (including phenoxy) is 1. The number of rotatable bonds is 8. The molecule has 1 atom stereocenters. The molecule has 0 radical (unpaired) electrons. The van der Waals surface area contributed by atoms with Crippen LogP contribution in [0.15, 0.2) is 48.5 Å². The summed E-state index contributed by atoms with van der Waals surface area (Å²) in [6, 6.07) is 17.6. The fourth-order valence-corrected chi connectivity index (χ4v) is 3.52. The first-order valence-electron chi connectivity index (χ1n) is 9.46. The maximum absolute atomic E-state index is 5.95. The smallest absolute Gasteiger partial charge is 0.120 e. The Morgan fingerprint density at radius 1 is 1.12 bits per heavy atom. The van der Waals surface area contributed by atoms with E-state index in [4.69, 9.17) is 4.74 Å². The van der Waals surface area contributed by atoms with Crippen LogP contribution < -0.4 is 10.1 Å². The number of likely N-dealkylation sites (tertiary alicyclic amines) is 1. The van der Waals surface area contributed by atoms with Crippen molar-refractivity contribution < 1.29 is 4.74 Å². The van der Waals surface area contributed by atoms with Crippen LogP contribution in [-0.2, 0) is 13.2 Å². The predicted octanol–water partition coefficient (Wildman–Crippen LogP) is 4.15. The van der Waals surface area contributed by atoms with Crippen LogP contribution in [0, 0.1) is 6.92 Å². The fraction of sp³-hybridized carbons (Fsp3) is 0.455. The second-order valence-electron chi connectivity index (χ2n) is 6.98. The number of hydrogen-bond donors (Lipinski definition) is 1. The lowest BCUT2D eigenvalue weighted by Gasteiger charge is -2.23. The Hall–Kier alpha value is -1.84. The third-order valence-electron chi connectivity index (χ3n) is 5.04. The molecule has 1 N–H and O–H groups in total. The van der Waals surface area contributed by atoms with Gasteiger partial charge < -0.3 is 10.1 Å². The summed E-state index contributed by atoms with van der Waals surface area (Å²) in [5.74, 6) is 0.941. The maximum atomic E-state index is 5.95. The van der Waals surface area contributed by atoms with Crippen LogP contribution in [-0.4, -0.2) is 30.6 Å². The average molecular weight is 338 g/mol. The zero-order valence-corrected chi connectivity index (χ0v) is 15.5. The topological polar surface area (TPSA) is 24.5 Å². The summed E-state index contributed by atoms with van der Waals surface area (Å²) in [6.07, 6.45) is 2.66. The third-order valence-corrected chi connectivity index (χ3v) is 5.04. The second-order valence-corrected chi connectivity index (χ2v) is 6.98. The molecular formula is C22H30N2O. The molecule has 0 spiro atoms. The molecule has 3 rings (SSSR count). The number of nitrogens with one attached hydrogen (secondary N) is 1. The normalized spacial score (nSPS) is 17.8. The molecule has 1 saturated heterocycles. The van der Waals surface area contributed by atoms with E-state index >= 15 is 0 Å². The van der Waals surface area contributed by atoms with Gasteiger partial charge in [0.1, 0.15) is 12.4 Å². The highest BCUT2D eigenvalue weighted by atomic mass is 16.5. The standard InChI is InChI=1S/C22H30N2O/c1-3-24-13-5-7-21(24)16-23-15-20-6-4-8-22(14-20)25-17-19-11-9-18(2)10-12-19/h4,6,8-12,14,21,23H,3,5,7,13,15-17H2,1-2H3/t21-/m1/s1. The van der Waals surface area contributed by atoms with Gasteiger partial charge in [-0.1, -0.05) is 48.9 Å². The lowest BCUT2D eigenvalue weighted by Crippen LogP contribution is -2.37. The van der Waals surface area contributed by atoms with Gasteiger partial charge in [-0.3, -0.25) is 4.90 Å². The lowest BCUT2D eigenvalue weighted by molar-refractivity contribution is 0.260. The molecule has 0 unspecified atom stereocenters. The first kappa shape index (κ1) is 18.0. The molecule has 1 aliphatic heterocycles. The van der Waals surface area contributed by atoms with Crippen LogP contribution in [0.5, 0.6) is 5.75 Å². The molecule has 0 saturated carbocycles. The van der Waals surface area contributed by atoms with Gasteiger partial charge in [-0.15, -0.1) is 0 Å². The number of hydrogen-bond acceptors (Lipinski definition) is 3. The van der Waals surface area contributed by atoms with Crippen LogP contribution in [0.25, 0.3) is 0 Å². The van der Waals surface area contributed by atoms with Gasteiger partial charge in [0.05, 0.1) is 0 Å². The molecule has 25 heavy (non-hydrogen) atoms. The highest BCUT2D eigenvalue weighted by Gasteiger charge is 2.21. The molecule has 2 aromatic carbocycles. The Morgan fingerprint density at radius 3 is 2.76 bits per heavy atom. The maximum Gasteiger partial charge on any atom is 0.120 e. The van der Waals surface area contributed by atoms with E-state index in [0.29, 0.717) is 12.6 Å². The zero-order chi connectivity index (χ0) is 17.5. The van der Waals surface area contributed by atoms with Crippen LogP contribution in [0.2, 0.25) is 0 Å². The molecule has 2 aromatic rings. The highest BCUT2D eigenvalue weighted by Crippen LogP contribution is 2.17. The Bertz CT molecular complexity index is 653. The SMILES string of the molecule is CCN1CCC[C@@H]1CNCc1cccc(OCc2ccc(C)cc2)c1. The largest absolute Gasteiger partial charge is 0.489 e. The van der Waals surface area contributed by atoms with Crippen molar-refractivity contribution in [1.29, 1.82) is 0 Å². The van der Waals surface area contributed by atoms with Crippen molar-refractivity contribution in [1.82, 2.24) is 10.2 Å². The van der Waals surface area contributed by atoms with Crippen LogP contribution in [0.4, 0.5) is 0 Å². The molecule has 0 amide bonds. The Balaban J connectivity index is 1.47. The second kappa shape index (κ2) is 9.02. The molecule has 1 aliphatic rings. The van der Waals surface area contributed by atoms with E-state index in [1.54, 1.807) is 0 Å². The van der Waals surface area contributed by atoms with Crippen molar-refractivity contribution in [3.05, 3.63) is 65.2 Å². The van der Waals surface area contributed by atoms with Gasteiger partial charge in [0.25, 0.3) is 0 Å². The van der Waals surface area contributed by atoms with Crippen molar-refractivity contribution in [2.45, 2.75) is 45.9 Å². The first-order valence-corrected chi connectivity index (χ1v) is 9.46. The van der Waals surface area contributed by atoms with E-state index in [-0.39, 0.29) is 0 Å². The van der Waals surface area contributed by atoms with E-state index in [1.807, 2.05) is 6.07 Å². The third kappa shape index (κ3) is 5.32. The fourth-order valence-electron chi connectivity index (χ4n) is 3.52. The minimum Gasteiger partial charge on any atom is -0.489 e. The number of likely N-dealkylation sites (N-methyl/N-ethyl adjacent to an activating group) is 1. The Kier molecular flexibility index (Phi) is 6.48. The number of aryl methyl sites for hydroxylation is 1. The molecule has 0 aromatic heterocycles. The minimum absolute atomic E-state index is 0.616. The number of nitrogens with zero attached hydrogens (tertiary/aromatic N) is 1. The van der Waals surface area contributed by atoms with Crippen LogP contribution in [0.3, 0.4) is 0 Å². The first-order chi connectivity index (χ1) is 12.2. The van der Waals surface area contributed by atoms with Gasteiger partial charge in [0, 0.05) is 19.1 Å². The van der Waals surface area contributed by atoms with Gasteiger partial charge >= 0.3 is 0 Å². The summed E-state index contributed by atoms with van der Waals surface area (Å²) >= 11 is 0. The zero-order valence-electron chi connectivity index (χ0n) is 15.5. The van der Waals surface area contributed by atoms with Crippen molar-refractivity contribution in [2.75, 3.05) is 19.6 Å². The van der Waals surface area contributed by atoms with Gasteiger partial charge in [0.15, 0.2) is 0 Å². The molecule has 134 valence electrons. The van der Waals surface area contributed by atoms with E-state index < -0.39 is 0 Å². The summed E-state index contributed by atoms with van der Waals surface area (Å²) in [5, 5.41) is 3.62. The van der Waals surface area contributed by atoms with Gasteiger partial charge in [-0.2, -0.15) is 0 Å². The summed E-state index contributed by atoms with van der Waals surface area (Å²) in [7, 11) is 0. The molecular weight excluding hydrogens is 308 g/mol. The molecule has 0 bridgehead atoms. The predicted molar refractivity (Wildman–Crippen MR) is 104 cm³/mol. The van der Waals surface area contributed by atoms with Gasteiger partial charge in [-0.05, 0) is 56.1 Å². The minimum atomic E-state index is 0.616. The van der Waals surface area contributed by atoms with Gasteiger partial charge in [0.2, 0.25) is 0 Å².